The highest BCUT2D eigenvalue weighted by Gasteiger charge is 2.04. The molecule has 0 atom stereocenters. The molecule has 3 rings (SSSR count). The minimum absolute atomic E-state index is 0.289. The van der Waals surface area contributed by atoms with Gasteiger partial charge in [0.15, 0.2) is 0 Å². The van der Waals surface area contributed by atoms with Crippen molar-refractivity contribution in [3.63, 3.8) is 0 Å². The van der Waals surface area contributed by atoms with Crippen molar-refractivity contribution in [3.8, 4) is 11.3 Å². The van der Waals surface area contributed by atoms with Crippen molar-refractivity contribution in [3.05, 3.63) is 72.2 Å². The summed E-state index contributed by atoms with van der Waals surface area (Å²) in [5.74, 6) is -0.916. The van der Waals surface area contributed by atoms with Gasteiger partial charge in [0.25, 0.3) is 0 Å². The van der Waals surface area contributed by atoms with Crippen molar-refractivity contribution in [2.24, 2.45) is 0 Å². The number of carboxylic acid groups (broad SMARTS) is 1. The van der Waals surface area contributed by atoms with Crippen molar-refractivity contribution in [2.75, 3.05) is 0 Å². The van der Waals surface area contributed by atoms with E-state index in [1.807, 2.05) is 29.1 Å². The topological polar surface area (TPSA) is 68.0 Å². The number of benzene rings is 1. The second-order valence-corrected chi connectivity index (χ2v) is 4.64. The molecule has 0 aliphatic heterocycles. The van der Waals surface area contributed by atoms with Crippen LogP contribution in [0.4, 0.5) is 0 Å². The predicted octanol–water partition coefficient (Wildman–Crippen LogP) is 2.69. The molecule has 5 nitrogen and oxygen atoms in total. The van der Waals surface area contributed by atoms with E-state index in [0.717, 1.165) is 16.8 Å². The lowest BCUT2D eigenvalue weighted by Gasteiger charge is -2.03. The predicted molar refractivity (Wildman–Crippen MR) is 78.0 cm³/mol. The first-order valence-electron chi connectivity index (χ1n) is 6.48. The van der Waals surface area contributed by atoms with Gasteiger partial charge >= 0.3 is 5.97 Å². The minimum Gasteiger partial charge on any atom is -0.478 e. The van der Waals surface area contributed by atoms with Crippen molar-refractivity contribution in [1.82, 2.24) is 14.8 Å². The third kappa shape index (κ3) is 2.97. The molecule has 2 heterocycles. The summed E-state index contributed by atoms with van der Waals surface area (Å²) >= 11 is 0. The number of hydrogen-bond donors (Lipinski definition) is 1. The van der Waals surface area contributed by atoms with E-state index in [-0.39, 0.29) is 5.56 Å². The molecular formula is C16H13N3O2. The molecule has 0 aliphatic rings. The fraction of sp³-hybridized carbons (Fsp3) is 0.0625. The van der Waals surface area contributed by atoms with Crippen molar-refractivity contribution < 1.29 is 9.90 Å². The third-order valence-corrected chi connectivity index (χ3v) is 3.16. The maximum absolute atomic E-state index is 10.8. The fourth-order valence-corrected chi connectivity index (χ4v) is 2.07. The largest absolute Gasteiger partial charge is 0.478 e. The van der Waals surface area contributed by atoms with Gasteiger partial charge in [0.2, 0.25) is 0 Å². The number of pyridine rings is 1. The second kappa shape index (κ2) is 5.58. The monoisotopic (exact) mass is 279 g/mol. The lowest BCUT2D eigenvalue weighted by molar-refractivity contribution is 0.0697. The van der Waals surface area contributed by atoms with E-state index in [0.29, 0.717) is 6.54 Å². The van der Waals surface area contributed by atoms with Crippen LogP contribution in [0.2, 0.25) is 0 Å². The molecule has 3 aromatic rings. The Hall–Kier alpha value is -2.95. The highest BCUT2D eigenvalue weighted by Crippen LogP contribution is 2.15. The number of hydrogen-bond acceptors (Lipinski definition) is 3. The number of carboxylic acids is 1. The summed E-state index contributed by atoms with van der Waals surface area (Å²) in [7, 11) is 0. The third-order valence-electron chi connectivity index (χ3n) is 3.16. The van der Waals surface area contributed by atoms with E-state index >= 15 is 0 Å². The van der Waals surface area contributed by atoms with Crippen LogP contribution in [0, 0.1) is 0 Å². The molecule has 21 heavy (non-hydrogen) atoms. The van der Waals surface area contributed by atoms with Crippen LogP contribution >= 0.6 is 0 Å². The molecule has 2 aromatic heterocycles. The van der Waals surface area contributed by atoms with Crippen molar-refractivity contribution in [1.29, 1.82) is 0 Å². The van der Waals surface area contributed by atoms with Crippen molar-refractivity contribution in [2.45, 2.75) is 6.54 Å². The molecule has 5 heteroatoms. The van der Waals surface area contributed by atoms with E-state index in [9.17, 15) is 4.79 Å². The van der Waals surface area contributed by atoms with Gasteiger partial charge in [0.1, 0.15) is 0 Å². The molecule has 0 radical (unpaired) electrons. The van der Waals surface area contributed by atoms with Crippen LogP contribution in [0.25, 0.3) is 11.3 Å². The maximum atomic E-state index is 10.8. The number of aromatic nitrogens is 3. The van der Waals surface area contributed by atoms with E-state index in [2.05, 4.69) is 10.1 Å². The van der Waals surface area contributed by atoms with Gasteiger partial charge in [-0.15, -0.1) is 0 Å². The van der Waals surface area contributed by atoms with Gasteiger partial charge in [-0.1, -0.05) is 12.1 Å². The average Bonchev–Trinajstić information content (AvgIpc) is 2.97. The van der Waals surface area contributed by atoms with Gasteiger partial charge in [-0.25, -0.2) is 4.79 Å². The molecule has 0 amide bonds. The standard InChI is InChI=1S/C16H13N3O2/c20-16(21)14-3-1-12(2-4-14)11-19-10-7-15(18-19)13-5-8-17-9-6-13/h1-10H,11H2,(H,20,21). The summed E-state index contributed by atoms with van der Waals surface area (Å²) in [5.41, 5.74) is 3.20. The summed E-state index contributed by atoms with van der Waals surface area (Å²) < 4.78 is 1.82. The maximum Gasteiger partial charge on any atom is 0.335 e. The number of rotatable bonds is 4. The van der Waals surface area contributed by atoms with E-state index in [1.54, 1.807) is 36.7 Å². The van der Waals surface area contributed by atoms with Gasteiger partial charge in [-0.3, -0.25) is 9.67 Å². The van der Waals surface area contributed by atoms with E-state index in [1.165, 1.54) is 0 Å². The normalized spacial score (nSPS) is 10.5. The fourth-order valence-electron chi connectivity index (χ4n) is 2.07. The van der Waals surface area contributed by atoms with Crippen LogP contribution in [-0.4, -0.2) is 25.8 Å². The quantitative estimate of drug-likeness (QED) is 0.797. The lowest BCUT2D eigenvalue weighted by Crippen LogP contribution is -2.02. The van der Waals surface area contributed by atoms with Gasteiger partial charge in [0.05, 0.1) is 17.8 Å². The Balaban J connectivity index is 1.77. The smallest absolute Gasteiger partial charge is 0.335 e. The van der Waals surface area contributed by atoms with Crippen LogP contribution in [0.3, 0.4) is 0 Å². The highest BCUT2D eigenvalue weighted by molar-refractivity contribution is 5.87. The van der Waals surface area contributed by atoms with Gasteiger partial charge in [-0.05, 0) is 35.9 Å². The molecule has 0 bridgehead atoms. The zero-order valence-corrected chi connectivity index (χ0v) is 11.2. The summed E-state index contributed by atoms with van der Waals surface area (Å²) in [4.78, 5) is 14.8. The lowest BCUT2D eigenvalue weighted by atomic mass is 10.1. The summed E-state index contributed by atoms with van der Waals surface area (Å²) in [6.45, 7) is 0.602. The highest BCUT2D eigenvalue weighted by atomic mass is 16.4. The second-order valence-electron chi connectivity index (χ2n) is 4.64. The molecule has 0 unspecified atom stereocenters. The molecule has 1 N–H and O–H groups in total. The van der Waals surface area contributed by atoms with Gasteiger partial charge in [0, 0.05) is 24.2 Å². The Morgan fingerprint density at radius 1 is 1.05 bits per heavy atom. The minimum atomic E-state index is -0.916. The molecule has 0 spiro atoms. The Bertz CT molecular complexity index is 749. The average molecular weight is 279 g/mol. The summed E-state index contributed by atoms with van der Waals surface area (Å²) in [5, 5.41) is 13.4. The van der Waals surface area contributed by atoms with E-state index in [4.69, 9.17) is 5.11 Å². The number of aromatic carboxylic acids is 1. The molecule has 0 fully saturated rings. The van der Waals surface area contributed by atoms with Crippen LogP contribution in [0.5, 0.6) is 0 Å². The molecule has 0 saturated heterocycles. The first-order valence-corrected chi connectivity index (χ1v) is 6.48. The van der Waals surface area contributed by atoms with E-state index < -0.39 is 5.97 Å². The van der Waals surface area contributed by atoms with Gasteiger partial charge < -0.3 is 5.11 Å². The first-order chi connectivity index (χ1) is 10.2. The van der Waals surface area contributed by atoms with Crippen LogP contribution in [0.1, 0.15) is 15.9 Å². The van der Waals surface area contributed by atoms with Crippen LogP contribution < -0.4 is 0 Å². The SMILES string of the molecule is O=C(O)c1ccc(Cn2ccc(-c3ccncc3)n2)cc1. The molecule has 0 saturated carbocycles. The van der Waals surface area contributed by atoms with Crippen LogP contribution in [0.15, 0.2) is 61.1 Å². The Labute approximate surface area is 121 Å². The first kappa shape index (κ1) is 13.1. The Kier molecular flexibility index (Phi) is 3.47. The number of nitrogens with zero attached hydrogens (tertiary/aromatic N) is 3. The zero-order chi connectivity index (χ0) is 14.7. The van der Waals surface area contributed by atoms with Gasteiger partial charge in [-0.2, -0.15) is 5.10 Å². The zero-order valence-electron chi connectivity index (χ0n) is 11.2. The Morgan fingerprint density at radius 2 is 1.76 bits per heavy atom. The van der Waals surface area contributed by atoms with Crippen LogP contribution in [-0.2, 0) is 6.54 Å². The summed E-state index contributed by atoms with van der Waals surface area (Å²) in [6, 6.07) is 12.6. The summed E-state index contributed by atoms with van der Waals surface area (Å²) in [6.07, 6.45) is 5.37. The molecule has 1 aromatic carbocycles. The number of carbonyl (C=O) groups is 1. The van der Waals surface area contributed by atoms with Crippen molar-refractivity contribution >= 4 is 5.97 Å². The molecular weight excluding hydrogens is 266 g/mol. The Morgan fingerprint density at radius 3 is 2.43 bits per heavy atom. The molecule has 0 aliphatic carbocycles. The molecule has 104 valence electrons.